The quantitative estimate of drug-likeness (QED) is 0.663. The van der Waals surface area contributed by atoms with Crippen LogP contribution in [0.3, 0.4) is 0 Å². The molecule has 0 aromatic heterocycles. The molecule has 0 saturated carbocycles. The molecule has 0 heterocycles. The number of alkyl halides is 1. The highest BCUT2D eigenvalue weighted by Gasteiger charge is 2.23. The van der Waals surface area contributed by atoms with Crippen molar-refractivity contribution in [3.05, 3.63) is 0 Å². The topological polar surface area (TPSA) is 54.4 Å². The summed E-state index contributed by atoms with van der Waals surface area (Å²) in [6, 6.07) is 0. The monoisotopic (exact) mass is 178 g/mol. The summed E-state index contributed by atoms with van der Waals surface area (Å²) in [5, 5.41) is 8.23. The van der Waals surface area contributed by atoms with E-state index in [-0.39, 0.29) is 18.6 Å². The van der Waals surface area contributed by atoms with Crippen LogP contribution >= 0.6 is 11.6 Å². The number of Topliss-reactive ketones (excluding diaryl/α,β-unsaturated/α-hetero) is 1. The average Bonchev–Trinajstić information content (AvgIpc) is 1.80. The third-order valence-electron chi connectivity index (χ3n) is 1.23. The second-order valence-corrected chi connectivity index (χ2v) is 3.73. The summed E-state index contributed by atoms with van der Waals surface area (Å²) in [5.41, 5.74) is 0. The number of aliphatic carboxylic acids is 1. The smallest absolute Gasteiger partial charge is 0.303 e. The number of halogens is 1. The molecule has 4 heteroatoms. The molecule has 0 aromatic carbocycles. The van der Waals surface area contributed by atoms with E-state index >= 15 is 0 Å². The van der Waals surface area contributed by atoms with Crippen molar-refractivity contribution in [1.82, 2.24) is 0 Å². The molecule has 0 fully saturated rings. The van der Waals surface area contributed by atoms with Crippen molar-refractivity contribution in [3.8, 4) is 0 Å². The Balaban J connectivity index is 3.80. The lowest BCUT2D eigenvalue weighted by atomic mass is 10.0. The van der Waals surface area contributed by atoms with Gasteiger partial charge >= 0.3 is 5.97 Å². The summed E-state index contributed by atoms with van der Waals surface area (Å²) < 4.78 is 0. The number of ketones is 1. The van der Waals surface area contributed by atoms with Gasteiger partial charge in [-0.3, -0.25) is 9.59 Å². The number of hydrogen-bond acceptors (Lipinski definition) is 2. The van der Waals surface area contributed by atoms with Crippen molar-refractivity contribution in [2.45, 2.75) is 31.6 Å². The van der Waals surface area contributed by atoms with Crippen LogP contribution in [0.15, 0.2) is 0 Å². The van der Waals surface area contributed by atoms with Gasteiger partial charge in [0.15, 0.2) is 5.78 Å². The SMILES string of the molecule is CC(C)(Cl)C(=O)CCC(=O)O. The van der Waals surface area contributed by atoms with E-state index in [9.17, 15) is 9.59 Å². The standard InChI is InChI=1S/C7H11ClO3/c1-7(2,8)5(9)3-4-6(10)11/h3-4H2,1-2H3,(H,10,11). The van der Waals surface area contributed by atoms with Gasteiger partial charge in [0, 0.05) is 6.42 Å². The Morgan fingerprint density at radius 2 is 1.82 bits per heavy atom. The van der Waals surface area contributed by atoms with Gasteiger partial charge in [-0.1, -0.05) is 0 Å². The summed E-state index contributed by atoms with van der Waals surface area (Å²) >= 11 is 5.62. The first-order valence-corrected chi connectivity index (χ1v) is 3.66. The fourth-order valence-corrected chi connectivity index (χ4v) is 0.612. The Bertz CT molecular complexity index is 169. The maximum Gasteiger partial charge on any atom is 0.303 e. The van der Waals surface area contributed by atoms with Gasteiger partial charge in [0.05, 0.1) is 11.3 Å². The molecule has 11 heavy (non-hydrogen) atoms. The zero-order valence-electron chi connectivity index (χ0n) is 6.56. The molecule has 0 radical (unpaired) electrons. The summed E-state index contributed by atoms with van der Waals surface area (Å²) in [4.78, 5) is 20.1. The Morgan fingerprint density at radius 1 is 1.36 bits per heavy atom. The first-order chi connectivity index (χ1) is 4.84. The number of carboxylic acids is 1. The van der Waals surface area contributed by atoms with Crippen LogP contribution in [-0.2, 0) is 9.59 Å². The number of hydrogen-bond donors (Lipinski definition) is 1. The van der Waals surface area contributed by atoms with E-state index in [1.54, 1.807) is 13.8 Å². The zero-order valence-corrected chi connectivity index (χ0v) is 7.31. The van der Waals surface area contributed by atoms with Gasteiger partial charge in [-0.05, 0) is 13.8 Å². The van der Waals surface area contributed by atoms with E-state index in [1.165, 1.54) is 0 Å². The first-order valence-electron chi connectivity index (χ1n) is 3.28. The van der Waals surface area contributed by atoms with Crippen LogP contribution in [0.2, 0.25) is 0 Å². The van der Waals surface area contributed by atoms with Crippen molar-refractivity contribution < 1.29 is 14.7 Å². The van der Waals surface area contributed by atoms with Crippen molar-refractivity contribution in [3.63, 3.8) is 0 Å². The number of rotatable bonds is 4. The van der Waals surface area contributed by atoms with E-state index in [0.717, 1.165) is 0 Å². The second kappa shape index (κ2) is 3.72. The first kappa shape index (κ1) is 10.4. The van der Waals surface area contributed by atoms with Crippen LogP contribution < -0.4 is 0 Å². The molecule has 0 atom stereocenters. The molecule has 0 amide bonds. The Morgan fingerprint density at radius 3 is 2.09 bits per heavy atom. The van der Waals surface area contributed by atoms with E-state index in [2.05, 4.69) is 0 Å². The Hall–Kier alpha value is -0.570. The lowest BCUT2D eigenvalue weighted by Gasteiger charge is -2.12. The summed E-state index contributed by atoms with van der Waals surface area (Å²) in [6.07, 6.45) is -0.138. The van der Waals surface area contributed by atoms with Crippen LogP contribution in [-0.4, -0.2) is 21.7 Å². The normalized spacial score (nSPS) is 11.2. The van der Waals surface area contributed by atoms with E-state index in [0.29, 0.717) is 0 Å². The molecule has 0 spiro atoms. The Kier molecular flexibility index (Phi) is 3.52. The highest BCUT2D eigenvalue weighted by molar-refractivity contribution is 6.34. The molecule has 0 aromatic rings. The molecular formula is C7H11ClO3. The van der Waals surface area contributed by atoms with Gasteiger partial charge in [-0.15, -0.1) is 11.6 Å². The molecular weight excluding hydrogens is 168 g/mol. The molecule has 0 unspecified atom stereocenters. The molecule has 0 rings (SSSR count). The van der Waals surface area contributed by atoms with Crippen molar-refractivity contribution in [1.29, 1.82) is 0 Å². The minimum absolute atomic E-state index is 0.00579. The minimum atomic E-state index is -0.973. The predicted molar refractivity (Wildman–Crippen MR) is 41.8 cm³/mol. The van der Waals surface area contributed by atoms with Gasteiger partial charge in [0.2, 0.25) is 0 Å². The third kappa shape index (κ3) is 4.79. The van der Waals surface area contributed by atoms with Crippen LogP contribution in [0.1, 0.15) is 26.7 Å². The van der Waals surface area contributed by atoms with Gasteiger partial charge in [-0.2, -0.15) is 0 Å². The van der Waals surface area contributed by atoms with E-state index < -0.39 is 10.8 Å². The molecule has 1 N–H and O–H groups in total. The molecule has 0 aliphatic heterocycles. The minimum Gasteiger partial charge on any atom is -0.481 e. The average molecular weight is 179 g/mol. The lowest BCUT2D eigenvalue weighted by molar-refractivity contribution is -0.138. The third-order valence-corrected chi connectivity index (χ3v) is 1.44. The predicted octanol–water partition coefficient (Wildman–Crippen LogP) is 1.44. The van der Waals surface area contributed by atoms with Gasteiger partial charge in [-0.25, -0.2) is 0 Å². The summed E-state index contributed by atoms with van der Waals surface area (Å²) in [7, 11) is 0. The van der Waals surface area contributed by atoms with Crippen LogP contribution in [0.4, 0.5) is 0 Å². The lowest BCUT2D eigenvalue weighted by Crippen LogP contribution is -2.24. The molecule has 0 saturated heterocycles. The maximum atomic E-state index is 11.0. The van der Waals surface area contributed by atoms with Crippen LogP contribution in [0, 0.1) is 0 Å². The molecule has 0 aliphatic rings. The largest absolute Gasteiger partial charge is 0.481 e. The molecule has 0 aliphatic carbocycles. The van der Waals surface area contributed by atoms with Crippen LogP contribution in [0.5, 0.6) is 0 Å². The van der Waals surface area contributed by atoms with Gasteiger partial charge < -0.3 is 5.11 Å². The van der Waals surface area contributed by atoms with Crippen molar-refractivity contribution in [2.75, 3.05) is 0 Å². The van der Waals surface area contributed by atoms with E-state index in [4.69, 9.17) is 16.7 Å². The van der Waals surface area contributed by atoms with Crippen molar-refractivity contribution in [2.24, 2.45) is 0 Å². The molecule has 3 nitrogen and oxygen atoms in total. The van der Waals surface area contributed by atoms with Crippen LogP contribution in [0.25, 0.3) is 0 Å². The number of carbonyl (C=O) groups is 2. The Labute approximate surface area is 70.3 Å². The highest BCUT2D eigenvalue weighted by Crippen LogP contribution is 2.16. The highest BCUT2D eigenvalue weighted by atomic mass is 35.5. The fraction of sp³-hybridized carbons (Fsp3) is 0.714. The van der Waals surface area contributed by atoms with Gasteiger partial charge in [0.1, 0.15) is 0 Å². The maximum absolute atomic E-state index is 11.0. The fourth-order valence-electron chi connectivity index (χ4n) is 0.518. The number of carbonyl (C=O) groups excluding carboxylic acids is 1. The second-order valence-electron chi connectivity index (χ2n) is 2.79. The summed E-state index contributed by atoms with van der Waals surface area (Å²) in [5.74, 6) is -1.21. The number of carboxylic acid groups (broad SMARTS) is 1. The van der Waals surface area contributed by atoms with Crippen molar-refractivity contribution >= 4 is 23.4 Å². The summed E-state index contributed by atoms with van der Waals surface area (Å²) in [6.45, 7) is 3.11. The molecule has 64 valence electrons. The molecule has 0 bridgehead atoms. The van der Waals surface area contributed by atoms with E-state index in [1.807, 2.05) is 0 Å². The zero-order chi connectivity index (χ0) is 9.07. The van der Waals surface area contributed by atoms with Gasteiger partial charge in [0.25, 0.3) is 0 Å².